The van der Waals surface area contributed by atoms with Gasteiger partial charge in [0.05, 0.1) is 10.5 Å². The molecule has 0 spiro atoms. The van der Waals surface area contributed by atoms with E-state index in [2.05, 4.69) is 11.9 Å². The second-order valence-corrected chi connectivity index (χ2v) is 9.69. The normalized spacial score (nSPS) is 15.9. The predicted molar refractivity (Wildman–Crippen MR) is 115 cm³/mol. The number of hydrogen-bond donors (Lipinski definition) is 0. The van der Waals surface area contributed by atoms with E-state index in [1.807, 2.05) is 18.2 Å². The maximum atomic E-state index is 13.2. The number of aromatic nitrogens is 1. The van der Waals surface area contributed by atoms with Gasteiger partial charge in [0.1, 0.15) is 5.52 Å². The van der Waals surface area contributed by atoms with E-state index in [0.717, 1.165) is 18.2 Å². The molecule has 6 nitrogen and oxygen atoms in total. The van der Waals surface area contributed by atoms with Crippen molar-refractivity contribution in [3.05, 3.63) is 65.9 Å². The third kappa shape index (κ3) is 3.95. The molecule has 0 amide bonds. The molecule has 30 heavy (non-hydrogen) atoms. The van der Waals surface area contributed by atoms with Gasteiger partial charge in [-0.1, -0.05) is 31.2 Å². The minimum absolute atomic E-state index is 0.155. The van der Waals surface area contributed by atoms with Gasteiger partial charge in [-0.15, -0.1) is 0 Å². The van der Waals surface area contributed by atoms with Crippen LogP contribution in [0.15, 0.2) is 59.6 Å². The van der Waals surface area contributed by atoms with Crippen molar-refractivity contribution in [1.82, 2.24) is 9.29 Å². The van der Waals surface area contributed by atoms with Gasteiger partial charge in [0.25, 0.3) is 0 Å². The van der Waals surface area contributed by atoms with Crippen molar-refractivity contribution in [2.45, 2.75) is 31.6 Å². The van der Waals surface area contributed by atoms with Gasteiger partial charge in [0.15, 0.2) is 5.75 Å². The Labute approximate surface area is 176 Å². The second kappa shape index (κ2) is 8.16. The number of carbonyl (C=O) groups excluding carboxylic acids is 1. The fraction of sp³-hybridized carbons (Fsp3) is 0.304. The van der Waals surface area contributed by atoms with E-state index in [9.17, 15) is 13.2 Å². The fourth-order valence-corrected chi connectivity index (χ4v) is 5.41. The summed E-state index contributed by atoms with van der Waals surface area (Å²) in [6, 6.07) is 13.7. The summed E-state index contributed by atoms with van der Waals surface area (Å²) in [5.41, 5.74) is 1.38. The molecule has 0 unspecified atom stereocenters. The summed E-state index contributed by atoms with van der Waals surface area (Å²) >= 11 is 0. The molecule has 1 aromatic heterocycles. The molecule has 3 aromatic rings. The van der Waals surface area contributed by atoms with E-state index in [1.165, 1.54) is 10.4 Å². The summed E-state index contributed by atoms with van der Waals surface area (Å²) < 4.78 is 33.5. The molecule has 156 valence electrons. The van der Waals surface area contributed by atoms with Crippen molar-refractivity contribution >= 4 is 26.9 Å². The zero-order chi connectivity index (χ0) is 21.3. The Balaban J connectivity index is 1.63. The van der Waals surface area contributed by atoms with Crippen LogP contribution in [0.25, 0.3) is 10.9 Å². The zero-order valence-corrected chi connectivity index (χ0v) is 17.9. The van der Waals surface area contributed by atoms with E-state index in [1.54, 1.807) is 37.4 Å². The summed E-state index contributed by atoms with van der Waals surface area (Å²) in [5.74, 6) is 0.248. The number of sulfonamides is 1. The lowest BCUT2D eigenvalue weighted by molar-refractivity contribution is 0.0736. The lowest BCUT2D eigenvalue weighted by atomic mass is 10.0. The van der Waals surface area contributed by atoms with Crippen LogP contribution in [0.5, 0.6) is 5.75 Å². The summed E-state index contributed by atoms with van der Waals surface area (Å²) in [6.07, 6.45) is 3.32. The summed E-state index contributed by atoms with van der Waals surface area (Å²) in [6.45, 7) is 4.87. The Kier molecular flexibility index (Phi) is 5.58. The standard InChI is InChI=1S/C23H24N2O4S/c1-16-10-13-25(14-11-16)30(27,28)21-15-19(9-8-17(21)2)23(26)29-20-7-3-5-18-6-4-12-24-22(18)20/h3-9,12,15-16H,10-11,13-14H2,1-2H3. The van der Waals surface area contributed by atoms with Gasteiger partial charge < -0.3 is 4.74 Å². The Morgan fingerprint density at radius 2 is 1.83 bits per heavy atom. The summed E-state index contributed by atoms with van der Waals surface area (Å²) in [7, 11) is -3.67. The van der Waals surface area contributed by atoms with Crippen LogP contribution in [-0.2, 0) is 10.0 Å². The summed E-state index contributed by atoms with van der Waals surface area (Å²) in [4.78, 5) is 17.3. The third-order valence-electron chi connectivity index (χ3n) is 5.58. The van der Waals surface area contributed by atoms with E-state index in [4.69, 9.17) is 4.74 Å². The first kappa shape index (κ1) is 20.5. The summed E-state index contributed by atoms with van der Waals surface area (Å²) in [5, 5.41) is 0.856. The van der Waals surface area contributed by atoms with Gasteiger partial charge >= 0.3 is 5.97 Å². The van der Waals surface area contributed by atoms with E-state index >= 15 is 0 Å². The van der Waals surface area contributed by atoms with E-state index in [0.29, 0.717) is 35.8 Å². The first-order valence-corrected chi connectivity index (χ1v) is 11.5. The molecule has 7 heteroatoms. The molecule has 0 radical (unpaired) electrons. The minimum atomic E-state index is -3.67. The maximum Gasteiger partial charge on any atom is 0.343 e. The van der Waals surface area contributed by atoms with Crippen LogP contribution >= 0.6 is 0 Å². The molecule has 1 saturated heterocycles. The van der Waals surface area contributed by atoms with Crippen LogP contribution < -0.4 is 4.74 Å². The average Bonchev–Trinajstić information content (AvgIpc) is 2.74. The molecule has 2 heterocycles. The number of rotatable bonds is 4. The smallest absolute Gasteiger partial charge is 0.343 e. The molecule has 0 bridgehead atoms. The molecular formula is C23H24N2O4S. The quantitative estimate of drug-likeness (QED) is 0.464. The molecule has 0 atom stereocenters. The molecule has 4 rings (SSSR count). The van der Waals surface area contributed by atoms with Crippen LogP contribution in [0.2, 0.25) is 0 Å². The van der Waals surface area contributed by atoms with E-state index < -0.39 is 16.0 Å². The Morgan fingerprint density at radius 3 is 2.60 bits per heavy atom. The molecule has 1 aliphatic heterocycles. The maximum absolute atomic E-state index is 13.2. The highest BCUT2D eigenvalue weighted by Crippen LogP contribution is 2.28. The molecular weight excluding hydrogens is 400 g/mol. The minimum Gasteiger partial charge on any atom is -0.421 e. The number of ether oxygens (including phenoxy) is 1. The number of benzene rings is 2. The van der Waals surface area contributed by atoms with Crippen LogP contribution in [0.1, 0.15) is 35.7 Å². The largest absolute Gasteiger partial charge is 0.421 e. The van der Waals surface area contributed by atoms with Crippen molar-refractivity contribution in [2.75, 3.05) is 13.1 Å². The SMILES string of the molecule is Cc1ccc(C(=O)Oc2cccc3cccnc23)cc1S(=O)(=O)N1CCC(C)CC1. The van der Waals surface area contributed by atoms with Crippen LogP contribution in [0, 0.1) is 12.8 Å². The van der Waals surface area contributed by atoms with Crippen LogP contribution in [0.4, 0.5) is 0 Å². The fourth-order valence-electron chi connectivity index (χ4n) is 3.69. The van der Waals surface area contributed by atoms with Crippen molar-refractivity contribution < 1.29 is 17.9 Å². The highest BCUT2D eigenvalue weighted by atomic mass is 32.2. The highest BCUT2D eigenvalue weighted by Gasteiger charge is 2.30. The number of esters is 1. The van der Waals surface area contributed by atoms with Gasteiger partial charge in [-0.25, -0.2) is 13.2 Å². The molecule has 0 N–H and O–H groups in total. The van der Waals surface area contributed by atoms with Gasteiger partial charge in [-0.3, -0.25) is 4.98 Å². The number of nitrogens with zero attached hydrogens (tertiary/aromatic N) is 2. The van der Waals surface area contributed by atoms with Gasteiger partial charge in [0, 0.05) is 24.7 Å². The van der Waals surface area contributed by atoms with Crippen molar-refractivity contribution in [3.63, 3.8) is 0 Å². The van der Waals surface area contributed by atoms with Crippen LogP contribution in [-0.4, -0.2) is 36.8 Å². The van der Waals surface area contributed by atoms with E-state index in [-0.39, 0.29) is 10.5 Å². The third-order valence-corrected chi connectivity index (χ3v) is 7.62. The first-order chi connectivity index (χ1) is 14.4. The number of para-hydroxylation sites is 1. The predicted octanol–water partition coefficient (Wildman–Crippen LogP) is 4.18. The van der Waals surface area contributed by atoms with Crippen molar-refractivity contribution in [2.24, 2.45) is 5.92 Å². The molecule has 1 fully saturated rings. The average molecular weight is 425 g/mol. The molecule has 2 aromatic carbocycles. The Morgan fingerprint density at radius 1 is 1.10 bits per heavy atom. The second-order valence-electron chi connectivity index (χ2n) is 7.79. The van der Waals surface area contributed by atoms with Crippen LogP contribution in [0.3, 0.4) is 0 Å². The number of aryl methyl sites for hydroxylation is 1. The number of carbonyl (C=O) groups is 1. The van der Waals surface area contributed by atoms with Gasteiger partial charge in [-0.2, -0.15) is 4.31 Å². The first-order valence-electron chi connectivity index (χ1n) is 10.0. The van der Waals surface area contributed by atoms with Gasteiger partial charge in [-0.05, 0) is 55.5 Å². The number of hydrogen-bond acceptors (Lipinski definition) is 5. The lowest BCUT2D eigenvalue weighted by Gasteiger charge is -2.30. The Hall–Kier alpha value is -2.77. The number of piperidine rings is 1. The topological polar surface area (TPSA) is 76.6 Å². The number of fused-ring (bicyclic) bond motifs is 1. The number of pyridine rings is 1. The molecule has 0 saturated carbocycles. The zero-order valence-electron chi connectivity index (χ0n) is 17.0. The van der Waals surface area contributed by atoms with Crippen molar-refractivity contribution in [1.29, 1.82) is 0 Å². The monoisotopic (exact) mass is 424 g/mol. The van der Waals surface area contributed by atoms with Gasteiger partial charge in [0.2, 0.25) is 10.0 Å². The highest BCUT2D eigenvalue weighted by molar-refractivity contribution is 7.89. The lowest BCUT2D eigenvalue weighted by Crippen LogP contribution is -2.38. The Bertz CT molecular complexity index is 1190. The molecule has 0 aliphatic carbocycles. The van der Waals surface area contributed by atoms with Crippen molar-refractivity contribution in [3.8, 4) is 5.75 Å². The molecule has 1 aliphatic rings.